The summed E-state index contributed by atoms with van der Waals surface area (Å²) in [5.74, 6) is 0.126. The van der Waals surface area contributed by atoms with Gasteiger partial charge in [-0.2, -0.15) is 5.10 Å². The molecule has 0 saturated heterocycles. The average Bonchev–Trinajstić information content (AvgIpc) is 3.01. The Morgan fingerprint density at radius 3 is 2.80 bits per heavy atom. The molecule has 20 heavy (non-hydrogen) atoms. The summed E-state index contributed by atoms with van der Waals surface area (Å²) in [6, 6.07) is 8.18. The highest BCUT2D eigenvalue weighted by Gasteiger charge is 2.20. The predicted molar refractivity (Wildman–Crippen MR) is 81.3 cm³/mol. The number of benzene rings is 1. The van der Waals surface area contributed by atoms with Crippen LogP contribution in [0.1, 0.15) is 0 Å². The SMILES string of the molecule is Cn1nc(-c2cccs2)c(-c2ccc(F)cc2Cl)c1N. The topological polar surface area (TPSA) is 43.8 Å². The maximum Gasteiger partial charge on any atom is 0.130 e. The van der Waals surface area contributed by atoms with E-state index in [-0.39, 0.29) is 5.82 Å². The predicted octanol–water partition coefficient (Wildman–Crippen LogP) is 4.19. The summed E-state index contributed by atoms with van der Waals surface area (Å²) in [5, 5.41) is 6.73. The van der Waals surface area contributed by atoms with Gasteiger partial charge in [0.15, 0.2) is 0 Å². The second kappa shape index (κ2) is 4.92. The smallest absolute Gasteiger partial charge is 0.130 e. The molecular formula is C14H11ClFN3S. The van der Waals surface area contributed by atoms with Crippen LogP contribution in [0, 0.1) is 5.82 Å². The largest absolute Gasteiger partial charge is 0.383 e. The van der Waals surface area contributed by atoms with Crippen molar-refractivity contribution in [1.82, 2.24) is 9.78 Å². The first-order valence-electron chi connectivity index (χ1n) is 5.89. The van der Waals surface area contributed by atoms with Crippen molar-refractivity contribution in [3.8, 4) is 21.7 Å². The molecule has 2 heterocycles. The number of nitrogen functional groups attached to an aromatic ring is 1. The first kappa shape index (κ1) is 13.1. The Balaban J connectivity index is 2.28. The van der Waals surface area contributed by atoms with Gasteiger partial charge >= 0.3 is 0 Å². The van der Waals surface area contributed by atoms with E-state index in [1.807, 2.05) is 17.5 Å². The van der Waals surface area contributed by atoms with E-state index in [1.165, 1.54) is 12.1 Å². The van der Waals surface area contributed by atoms with E-state index in [0.717, 1.165) is 16.1 Å². The molecule has 0 fully saturated rings. The quantitative estimate of drug-likeness (QED) is 0.771. The summed E-state index contributed by atoms with van der Waals surface area (Å²) < 4.78 is 14.8. The van der Waals surface area contributed by atoms with Crippen molar-refractivity contribution in [2.24, 2.45) is 7.05 Å². The number of anilines is 1. The normalized spacial score (nSPS) is 10.9. The van der Waals surface area contributed by atoms with Crippen molar-refractivity contribution in [3.63, 3.8) is 0 Å². The molecule has 0 saturated carbocycles. The summed E-state index contributed by atoms with van der Waals surface area (Å²) in [4.78, 5) is 0.993. The summed E-state index contributed by atoms with van der Waals surface area (Å²) in [6.45, 7) is 0. The molecule has 0 aliphatic carbocycles. The number of aryl methyl sites for hydroxylation is 1. The molecule has 0 aliphatic heterocycles. The van der Waals surface area contributed by atoms with E-state index in [0.29, 0.717) is 16.4 Å². The van der Waals surface area contributed by atoms with E-state index >= 15 is 0 Å². The Kier molecular flexibility index (Phi) is 3.23. The van der Waals surface area contributed by atoms with Gasteiger partial charge in [-0.1, -0.05) is 17.7 Å². The van der Waals surface area contributed by atoms with Gasteiger partial charge in [-0.15, -0.1) is 11.3 Å². The van der Waals surface area contributed by atoms with Gasteiger partial charge in [-0.05, 0) is 29.6 Å². The third-order valence-corrected chi connectivity index (χ3v) is 4.24. The molecule has 0 atom stereocenters. The zero-order valence-electron chi connectivity index (χ0n) is 10.6. The lowest BCUT2D eigenvalue weighted by molar-refractivity contribution is 0.628. The molecule has 0 radical (unpaired) electrons. The van der Waals surface area contributed by atoms with Crippen LogP contribution in [0.25, 0.3) is 21.7 Å². The average molecular weight is 308 g/mol. The first-order chi connectivity index (χ1) is 9.58. The fraction of sp³-hybridized carbons (Fsp3) is 0.0714. The van der Waals surface area contributed by atoms with E-state index in [2.05, 4.69) is 5.10 Å². The minimum Gasteiger partial charge on any atom is -0.383 e. The minimum absolute atomic E-state index is 0.322. The molecule has 0 spiro atoms. The van der Waals surface area contributed by atoms with Crippen LogP contribution in [0.3, 0.4) is 0 Å². The lowest BCUT2D eigenvalue weighted by Gasteiger charge is -2.06. The Labute approximate surface area is 124 Å². The summed E-state index contributed by atoms with van der Waals surface area (Å²) in [7, 11) is 1.77. The van der Waals surface area contributed by atoms with Gasteiger partial charge in [0.2, 0.25) is 0 Å². The van der Waals surface area contributed by atoms with Crippen molar-refractivity contribution >= 4 is 28.8 Å². The van der Waals surface area contributed by atoms with Crippen molar-refractivity contribution in [1.29, 1.82) is 0 Å². The Hall–Kier alpha value is -1.85. The zero-order chi connectivity index (χ0) is 14.3. The van der Waals surface area contributed by atoms with E-state index < -0.39 is 0 Å². The van der Waals surface area contributed by atoms with E-state index in [1.54, 1.807) is 29.1 Å². The van der Waals surface area contributed by atoms with E-state index in [9.17, 15) is 4.39 Å². The monoisotopic (exact) mass is 307 g/mol. The van der Waals surface area contributed by atoms with Crippen LogP contribution in [0.2, 0.25) is 5.02 Å². The maximum atomic E-state index is 13.2. The molecule has 0 amide bonds. The number of rotatable bonds is 2. The molecule has 0 aliphatic rings. The fourth-order valence-corrected chi connectivity index (χ4v) is 3.06. The van der Waals surface area contributed by atoms with Crippen LogP contribution >= 0.6 is 22.9 Å². The van der Waals surface area contributed by atoms with Crippen LogP contribution in [-0.4, -0.2) is 9.78 Å². The number of hydrogen-bond donors (Lipinski definition) is 1. The highest BCUT2D eigenvalue weighted by Crippen LogP contribution is 2.40. The Morgan fingerprint density at radius 2 is 2.15 bits per heavy atom. The molecule has 6 heteroatoms. The first-order valence-corrected chi connectivity index (χ1v) is 7.15. The molecule has 3 rings (SSSR count). The zero-order valence-corrected chi connectivity index (χ0v) is 12.2. The Bertz CT molecular complexity index is 765. The van der Waals surface area contributed by atoms with Gasteiger partial charge in [0, 0.05) is 12.6 Å². The lowest BCUT2D eigenvalue weighted by atomic mass is 10.0. The molecule has 3 aromatic rings. The number of thiophene rings is 1. The van der Waals surface area contributed by atoms with Crippen molar-refractivity contribution in [3.05, 3.63) is 46.6 Å². The maximum absolute atomic E-state index is 13.2. The molecule has 0 bridgehead atoms. The fourth-order valence-electron chi connectivity index (χ4n) is 2.08. The molecule has 0 unspecified atom stereocenters. The lowest BCUT2D eigenvalue weighted by Crippen LogP contribution is -1.98. The van der Waals surface area contributed by atoms with Crippen LogP contribution in [0.4, 0.5) is 10.2 Å². The van der Waals surface area contributed by atoms with Crippen LogP contribution < -0.4 is 5.73 Å². The summed E-state index contributed by atoms with van der Waals surface area (Å²) in [5.41, 5.74) is 8.28. The minimum atomic E-state index is -0.376. The van der Waals surface area contributed by atoms with Crippen molar-refractivity contribution in [2.75, 3.05) is 5.73 Å². The van der Waals surface area contributed by atoms with Crippen LogP contribution in [0.5, 0.6) is 0 Å². The molecular weight excluding hydrogens is 297 g/mol. The number of halogens is 2. The number of hydrogen-bond acceptors (Lipinski definition) is 3. The highest BCUT2D eigenvalue weighted by atomic mass is 35.5. The second-order valence-electron chi connectivity index (χ2n) is 4.33. The number of aromatic nitrogens is 2. The van der Waals surface area contributed by atoms with Gasteiger partial charge in [0.05, 0.1) is 15.5 Å². The highest BCUT2D eigenvalue weighted by molar-refractivity contribution is 7.13. The van der Waals surface area contributed by atoms with Crippen LogP contribution in [-0.2, 0) is 7.05 Å². The van der Waals surface area contributed by atoms with Gasteiger partial charge < -0.3 is 5.73 Å². The number of nitrogens with two attached hydrogens (primary N) is 1. The van der Waals surface area contributed by atoms with E-state index in [4.69, 9.17) is 17.3 Å². The van der Waals surface area contributed by atoms with Gasteiger partial charge in [0.1, 0.15) is 17.3 Å². The molecule has 3 nitrogen and oxygen atoms in total. The van der Waals surface area contributed by atoms with Gasteiger partial charge in [-0.25, -0.2) is 4.39 Å². The van der Waals surface area contributed by atoms with Gasteiger partial charge in [0.25, 0.3) is 0 Å². The Morgan fingerprint density at radius 1 is 1.35 bits per heavy atom. The van der Waals surface area contributed by atoms with Crippen molar-refractivity contribution in [2.45, 2.75) is 0 Å². The molecule has 1 aromatic carbocycles. The number of nitrogens with zero attached hydrogens (tertiary/aromatic N) is 2. The third kappa shape index (κ3) is 2.09. The van der Waals surface area contributed by atoms with Gasteiger partial charge in [-0.3, -0.25) is 4.68 Å². The van der Waals surface area contributed by atoms with Crippen LogP contribution in [0.15, 0.2) is 35.7 Å². The molecule has 2 aromatic heterocycles. The van der Waals surface area contributed by atoms with Crippen molar-refractivity contribution < 1.29 is 4.39 Å². The molecule has 102 valence electrons. The third-order valence-electron chi connectivity index (χ3n) is 3.05. The second-order valence-corrected chi connectivity index (χ2v) is 5.69. The standard InChI is InChI=1S/C14H11ClFN3S/c1-19-14(17)12(9-5-4-8(16)7-10(9)15)13(18-19)11-3-2-6-20-11/h2-7H,17H2,1H3. The summed E-state index contributed by atoms with van der Waals surface area (Å²) in [6.07, 6.45) is 0. The summed E-state index contributed by atoms with van der Waals surface area (Å²) >= 11 is 7.72. The molecule has 2 N–H and O–H groups in total.